The zero-order valence-corrected chi connectivity index (χ0v) is 14.8. The van der Waals surface area contributed by atoms with Crippen LogP contribution < -0.4 is 14.8 Å². The molecule has 3 aromatic rings. The number of hydrogen-bond donors (Lipinski definition) is 1. The molecule has 1 aromatic heterocycles. The van der Waals surface area contributed by atoms with Crippen LogP contribution in [-0.2, 0) is 0 Å². The Kier molecular flexibility index (Phi) is 4.93. The summed E-state index contributed by atoms with van der Waals surface area (Å²) in [5, 5.41) is 3.50. The molecule has 2 aromatic carbocycles. The molecular formula is C20H19NO5. The fourth-order valence-corrected chi connectivity index (χ4v) is 2.61. The number of fused-ring (bicyclic) bond motifs is 1. The summed E-state index contributed by atoms with van der Waals surface area (Å²) in [6, 6.07) is 11.7. The summed E-state index contributed by atoms with van der Waals surface area (Å²) in [6.07, 6.45) is 0. The van der Waals surface area contributed by atoms with E-state index in [0.29, 0.717) is 34.8 Å². The average molecular weight is 353 g/mol. The summed E-state index contributed by atoms with van der Waals surface area (Å²) in [6.45, 7) is 4.19. The quantitative estimate of drug-likeness (QED) is 0.559. The van der Waals surface area contributed by atoms with Crippen LogP contribution in [0.5, 0.6) is 11.5 Å². The number of methoxy groups -OCH3 is 1. The van der Waals surface area contributed by atoms with Crippen LogP contribution in [0.4, 0.5) is 0 Å². The third kappa shape index (κ3) is 3.39. The van der Waals surface area contributed by atoms with Gasteiger partial charge >= 0.3 is 5.97 Å². The van der Waals surface area contributed by atoms with Crippen molar-refractivity contribution in [1.82, 2.24) is 5.32 Å². The molecule has 0 saturated carbocycles. The molecule has 26 heavy (non-hydrogen) atoms. The second kappa shape index (κ2) is 7.31. The summed E-state index contributed by atoms with van der Waals surface area (Å²) in [4.78, 5) is 24.2. The van der Waals surface area contributed by atoms with Gasteiger partial charge in [0.1, 0.15) is 17.1 Å². The summed E-state index contributed by atoms with van der Waals surface area (Å²) in [7, 11) is 1.58. The maximum Gasteiger partial charge on any atom is 0.379 e. The number of amides is 1. The van der Waals surface area contributed by atoms with Gasteiger partial charge in [-0.1, -0.05) is 0 Å². The molecule has 0 aliphatic rings. The Morgan fingerprint density at radius 1 is 1.08 bits per heavy atom. The molecule has 1 amide bonds. The first-order valence-electron chi connectivity index (χ1n) is 8.21. The zero-order chi connectivity index (χ0) is 18.7. The minimum atomic E-state index is -0.594. The van der Waals surface area contributed by atoms with Crippen LogP contribution >= 0.6 is 0 Å². The van der Waals surface area contributed by atoms with Crippen molar-refractivity contribution < 1.29 is 23.5 Å². The Hall–Kier alpha value is -3.28. The summed E-state index contributed by atoms with van der Waals surface area (Å²) < 4.78 is 16.2. The molecule has 0 saturated heterocycles. The largest absolute Gasteiger partial charge is 0.497 e. The first-order valence-corrected chi connectivity index (χ1v) is 8.21. The number of hydrogen-bond acceptors (Lipinski definition) is 5. The first-order chi connectivity index (χ1) is 12.5. The predicted octanol–water partition coefficient (Wildman–Crippen LogP) is 3.72. The molecule has 0 radical (unpaired) electrons. The van der Waals surface area contributed by atoms with Gasteiger partial charge in [-0.2, -0.15) is 0 Å². The van der Waals surface area contributed by atoms with Crippen LogP contribution in [0.2, 0.25) is 0 Å². The summed E-state index contributed by atoms with van der Waals surface area (Å²) in [5.74, 6) is 0.389. The maximum atomic E-state index is 12.5. The lowest BCUT2D eigenvalue weighted by Crippen LogP contribution is -2.22. The van der Waals surface area contributed by atoms with E-state index in [9.17, 15) is 9.59 Å². The molecule has 0 aliphatic carbocycles. The van der Waals surface area contributed by atoms with Crippen molar-refractivity contribution >= 4 is 22.8 Å². The topological polar surface area (TPSA) is 77.8 Å². The number of carbonyl (C=O) groups is 2. The molecule has 3 rings (SSSR count). The highest BCUT2D eigenvalue weighted by atomic mass is 16.5. The van der Waals surface area contributed by atoms with Gasteiger partial charge in [0, 0.05) is 23.1 Å². The molecular weight excluding hydrogens is 334 g/mol. The van der Waals surface area contributed by atoms with Gasteiger partial charge in [-0.25, -0.2) is 4.79 Å². The minimum Gasteiger partial charge on any atom is -0.497 e. The van der Waals surface area contributed by atoms with Gasteiger partial charge in [0.15, 0.2) is 0 Å². The second-order valence-corrected chi connectivity index (χ2v) is 5.69. The molecule has 0 spiro atoms. The third-order valence-electron chi connectivity index (χ3n) is 3.99. The Morgan fingerprint density at radius 3 is 2.42 bits per heavy atom. The van der Waals surface area contributed by atoms with Crippen molar-refractivity contribution in [3.8, 4) is 11.5 Å². The highest BCUT2D eigenvalue weighted by Crippen LogP contribution is 2.29. The number of carbonyl (C=O) groups excluding carboxylic acids is 2. The van der Waals surface area contributed by atoms with Crippen LogP contribution in [0, 0.1) is 6.92 Å². The van der Waals surface area contributed by atoms with Crippen LogP contribution in [0.1, 0.15) is 33.4 Å². The molecule has 0 unspecified atom stereocenters. The van der Waals surface area contributed by atoms with Gasteiger partial charge in [0.05, 0.1) is 7.11 Å². The van der Waals surface area contributed by atoms with E-state index in [0.717, 1.165) is 5.39 Å². The number of ether oxygens (including phenoxy) is 2. The van der Waals surface area contributed by atoms with E-state index >= 15 is 0 Å². The van der Waals surface area contributed by atoms with Gasteiger partial charge in [0.2, 0.25) is 5.76 Å². The molecule has 6 nitrogen and oxygen atoms in total. The molecule has 0 bridgehead atoms. The van der Waals surface area contributed by atoms with E-state index in [1.54, 1.807) is 50.4 Å². The SMILES string of the molecule is CCNC(=O)c1ccc(OC(=O)c2oc3ccc(OC)cc3c2C)cc1. The second-order valence-electron chi connectivity index (χ2n) is 5.69. The van der Waals surface area contributed by atoms with E-state index in [4.69, 9.17) is 13.9 Å². The first kappa shape index (κ1) is 17.5. The number of esters is 1. The lowest BCUT2D eigenvalue weighted by molar-refractivity contribution is 0.0703. The van der Waals surface area contributed by atoms with E-state index in [1.807, 2.05) is 13.0 Å². The van der Waals surface area contributed by atoms with Crippen molar-refractivity contribution in [3.63, 3.8) is 0 Å². The molecule has 0 fully saturated rings. The molecule has 0 aliphatic heterocycles. The minimum absolute atomic E-state index is 0.140. The Balaban J connectivity index is 1.81. The van der Waals surface area contributed by atoms with Gasteiger partial charge in [-0.3, -0.25) is 4.79 Å². The summed E-state index contributed by atoms with van der Waals surface area (Å²) >= 11 is 0. The maximum absolute atomic E-state index is 12.5. The number of rotatable bonds is 5. The number of furan rings is 1. The van der Waals surface area contributed by atoms with Crippen molar-refractivity contribution in [2.45, 2.75) is 13.8 Å². The standard InChI is InChI=1S/C20H19NO5/c1-4-21-19(22)13-5-7-14(8-6-13)25-20(23)18-12(2)16-11-15(24-3)9-10-17(16)26-18/h5-11H,4H2,1-3H3,(H,21,22). The van der Waals surface area contributed by atoms with Crippen molar-refractivity contribution in [3.05, 3.63) is 59.4 Å². The molecule has 6 heteroatoms. The predicted molar refractivity (Wildman–Crippen MR) is 96.9 cm³/mol. The Labute approximate surface area is 150 Å². The van der Waals surface area contributed by atoms with Crippen LogP contribution in [0.3, 0.4) is 0 Å². The highest BCUT2D eigenvalue weighted by Gasteiger charge is 2.20. The third-order valence-corrected chi connectivity index (χ3v) is 3.99. The average Bonchev–Trinajstić information content (AvgIpc) is 2.98. The molecule has 134 valence electrons. The lowest BCUT2D eigenvalue weighted by atomic mass is 10.1. The van der Waals surface area contributed by atoms with E-state index in [1.165, 1.54) is 0 Å². The van der Waals surface area contributed by atoms with Gasteiger partial charge < -0.3 is 19.2 Å². The Bertz CT molecular complexity index is 956. The summed E-state index contributed by atoms with van der Waals surface area (Å²) in [5.41, 5.74) is 1.77. The van der Waals surface area contributed by atoms with Crippen molar-refractivity contribution in [2.75, 3.05) is 13.7 Å². The normalized spacial score (nSPS) is 10.6. The smallest absolute Gasteiger partial charge is 0.379 e. The van der Waals surface area contributed by atoms with E-state index in [-0.39, 0.29) is 11.7 Å². The lowest BCUT2D eigenvalue weighted by Gasteiger charge is -2.05. The van der Waals surface area contributed by atoms with Crippen LogP contribution in [-0.4, -0.2) is 25.5 Å². The zero-order valence-electron chi connectivity index (χ0n) is 14.8. The van der Waals surface area contributed by atoms with Gasteiger partial charge in [-0.15, -0.1) is 0 Å². The van der Waals surface area contributed by atoms with Crippen LogP contribution in [0.25, 0.3) is 11.0 Å². The molecule has 1 heterocycles. The highest BCUT2D eigenvalue weighted by molar-refractivity contribution is 5.97. The van der Waals surface area contributed by atoms with Crippen molar-refractivity contribution in [1.29, 1.82) is 0 Å². The number of benzene rings is 2. The van der Waals surface area contributed by atoms with Gasteiger partial charge in [0.25, 0.3) is 5.91 Å². The van der Waals surface area contributed by atoms with Gasteiger partial charge in [-0.05, 0) is 56.3 Å². The molecule has 0 atom stereocenters. The van der Waals surface area contributed by atoms with Crippen molar-refractivity contribution in [2.24, 2.45) is 0 Å². The molecule has 1 N–H and O–H groups in total. The fourth-order valence-electron chi connectivity index (χ4n) is 2.61. The monoisotopic (exact) mass is 353 g/mol. The van der Waals surface area contributed by atoms with E-state index < -0.39 is 5.97 Å². The fraction of sp³-hybridized carbons (Fsp3) is 0.200. The van der Waals surface area contributed by atoms with E-state index in [2.05, 4.69) is 5.32 Å². The number of aryl methyl sites for hydroxylation is 1. The number of nitrogens with one attached hydrogen (secondary N) is 1. The Morgan fingerprint density at radius 2 is 1.77 bits per heavy atom. The van der Waals surface area contributed by atoms with Crippen LogP contribution in [0.15, 0.2) is 46.9 Å².